The molecule has 0 spiro atoms. The Hall–Kier alpha value is -3.87. The molecule has 4 N–H and O–H groups in total. The minimum absolute atomic E-state index is 0.279. The van der Waals surface area contributed by atoms with Gasteiger partial charge in [0.1, 0.15) is 23.8 Å². The number of piperazine rings is 1. The lowest BCUT2D eigenvalue weighted by Gasteiger charge is -2.35. The number of cyclic esters (lactones) is 1. The third-order valence-corrected chi connectivity index (χ3v) is 7.76. The van der Waals surface area contributed by atoms with Gasteiger partial charge in [-0.05, 0) is 60.3 Å². The molecule has 11 heteroatoms. The number of hydrogen-bond donors (Lipinski definition) is 4. The first-order valence-electron chi connectivity index (χ1n) is 15.0. The Morgan fingerprint density at radius 2 is 1.36 bits per heavy atom. The molecular formula is C34H40F2N2O7. The highest BCUT2D eigenvalue weighted by Gasteiger charge is 2.38. The van der Waals surface area contributed by atoms with E-state index < -0.39 is 36.3 Å². The molecule has 2 aliphatic rings. The van der Waals surface area contributed by atoms with Gasteiger partial charge in [0.2, 0.25) is 5.76 Å². The summed E-state index contributed by atoms with van der Waals surface area (Å²) < 4.78 is 37.3. The molecule has 1 fully saturated rings. The SMILES string of the molecule is Fc1ccc(C(OCCN2CCN(CCCc3ccccc3)CC2)c2ccc(F)cc2)cc1.O=C1O[C@H]([C@@H](O)CO)C(O)=C1O. The molecule has 3 aromatic carbocycles. The van der Waals surface area contributed by atoms with Gasteiger partial charge in [-0.25, -0.2) is 13.6 Å². The van der Waals surface area contributed by atoms with Crippen LogP contribution in [0.25, 0.3) is 0 Å². The Morgan fingerprint density at radius 3 is 1.84 bits per heavy atom. The third-order valence-electron chi connectivity index (χ3n) is 7.76. The quantitative estimate of drug-likeness (QED) is 0.222. The standard InChI is InChI=1S/C28H32F2N2O.C6H8O6/c29-26-12-8-24(9-13-26)28(25-10-14-27(30)15-11-25)33-22-21-32-19-17-31(18-20-32)16-4-7-23-5-2-1-3-6-23;7-1-2(8)5-3(9)4(10)6(11)12-5/h1-3,5-6,8-15,28H,4,7,16-22H2;2,5,7-10H,1H2/t;2-,5+/m.0/s1. The van der Waals surface area contributed by atoms with Crippen molar-refractivity contribution in [1.29, 1.82) is 0 Å². The maximum atomic E-state index is 13.4. The molecule has 0 amide bonds. The fraction of sp³-hybridized carbons (Fsp3) is 0.382. The van der Waals surface area contributed by atoms with Crippen molar-refractivity contribution in [2.24, 2.45) is 0 Å². The van der Waals surface area contributed by atoms with Crippen LogP contribution in [0.15, 0.2) is 90.4 Å². The number of carbonyl (C=O) groups excluding carboxylic acids is 1. The molecule has 2 heterocycles. The Balaban J connectivity index is 0.000000323. The molecular weight excluding hydrogens is 586 g/mol. The Labute approximate surface area is 261 Å². The Kier molecular flexibility index (Phi) is 12.8. The second-order valence-corrected chi connectivity index (χ2v) is 10.9. The van der Waals surface area contributed by atoms with E-state index in [1.54, 1.807) is 24.3 Å². The highest BCUT2D eigenvalue weighted by Crippen LogP contribution is 2.27. The molecule has 0 aliphatic carbocycles. The average Bonchev–Trinajstić information content (AvgIpc) is 3.32. The van der Waals surface area contributed by atoms with Gasteiger partial charge in [0.25, 0.3) is 0 Å². The summed E-state index contributed by atoms with van der Waals surface area (Å²) in [4.78, 5) is 15.5. The van der Waals surface area contributed by atoms with Crippen LogP contribution < -0.4 is 0 Å². The molecule has 1 saturated heterocycles. The van der Waals surface area contributed by atoms with E-state index in [1.807, 2.05) is 0 Å². The zero-order valence-corrected chi connectivity index (χ0v) is 25.0. The van der Waals surface area contributed by atoms with Crippen LogP contribution in [0.4, 0.5) is 8.78 Å². The van der Waals surface area contributed by atoms with Crippen LogP contribution >= 0.6 is 0 Å². The van der Waals surface area contributed by atoms with Gasteiger partial charge in [-0.3, -0.25) is 4.90 Å². The van der Waals surface area contributed by atoms with Gasteiger partial charge in [0, 0.05) is 32.7 Å². The lowest BCUT2D eigenvalue weighted by atomic mass is 10.0. The van der Waals surface area contributed by atoms with E-state index in [-0.39, 0.29) is 17.7 Å². The van der Waals surface area contributed by atoms with Gasteiger partial charge in [0.05, 0.1) is 13.2 Å². The molecule has 45 heavy (non-hydrogen) atoms. The van der Waals surface area contributed by atoms with Crippen molar-refractivity contribution in [2.45, 2.75) is 31.2 Å². The number of hydrogen-bond acceptors (Lipinski definition) is 9. The van der Waals surface area contributed by atoms with Crippen LogP contribution in [0.1, 0.15) is 29.2 Å². The van der Waals surface area contributed by atoms with Crippen molar-refractivity contribution in [2.75, 3.05) is 52.5 Å². The molecule has 0 bridgehead atoms. The van der Waals surface area contributed by atoms with Crippen LogP contribution in [-0.2, 0) is 20.7 Å². The van der Waals surface area contributed by atoms with E-state index in [9.17, 15) is 13.6 Å². The Morgan fingerprint density at radius 1 is 0.822 bits per heavy atom. The zero-order valence-electron chi connectivity index (χ0n) is 25.0. The normalized spacial score (nSPS) is 18.1. The first-order valence-corrected chi connectivity index (χ1v) is 15.0. The fourth-order valence-corrected chi connectivity index (χ4v) is 5.17. The zero-order chi connectivity index (χ0) is 32.2. The molecule has 0 saturated carbocycles. The molecule has 3 aromatic rings. The molecule has 9 nitrogen and oxygen atoms in total. The van der Waals surface area contributed by atoms with Gasteiger partial charge in [-0.2, -0.15) is 0 Å². The predicted octanol–water partition coefficient (Wildman–Crippen LogP) is 3.91. The number of nitrogens with zero attached hydrogens (tertiary/aromatic N) is 2. The van der Waals surface area contributed by atoms with Crippen LogP contribution in [-0.4, -0.2) is 101 Å². The number of rotatable bonds is 12. The summed E-state index contributed by atoms with van der Waals surface area (Å²) in [5.74, 6) is -3.34. The van der Waals surface area contributed by atoms with Crippen molar-refractivity contribution in [1.82, 2.24) is 9.80 Å². The summed E-state index contributed by atoms with van der Waals surface area (Å²) in [7, 11) is 0. The van der Waals surface area contributed by atoms with Gasteiger partial charge in [-0.15, -0.1) is 0 Å². The van der Waals surface area contributed by atoms with Crippen molar-refractivity contribution < 1.29 is 43.5 Å². The van der Waals surface area contributed by atoms with Crippen LogP contribution in [0.5, 0.6) is 0 Å². The van der Waals surface area contributed by atoms with E-state index in [4.69, 9.17) is 25.2 Å². The molecule has 2 atom stereocenters. The van der Waals surface area contributed by atoms with E-state index in [1.165, 1.54) is 36.2 Å². The number of ether oxygens (including phenoxy) is 2. The summed E-state index contributed by atoms with van der Waals surface area (Å²) in [6, 6.07) is 23.3. The number of carbonyl (C=O) groups is 1. The number of benzene rings is 3. The number of esters is 1. The van der Waals surface area contributed by atoms with Crippen LogP contribution in [0.3, 0.4) is 0 Å². The lowest BCUT2D eigenvalue weighted by molar-refractivity contribution is -0.147. The van der Waals surface area contributed by atoms with E-state index in [0.29, 0.717) is 6.61 Å². The first-order chi connectivity index (χ1) is 21.7. The maximum absolute atomic E-state index is 13.4. The van der Waals surface area contributed by atoms with Gasteiger partial charge in [0.15, 0.2) is 11.9 Å². The summed E-state index contributed by atoms with van der Waals surface area (Å²) in [5.41, 5.74) is 3.14. The molecule has 2 aliphatic heterocycles. The molecule has 0 unspecified atom stereocenters. The summed E-state index contributed by atoms with van der Waals surface area (Å²) in [6.07, 6.45) is -0.806. The molecule has 0 radical (unpaired) electrons. The number of aryl methyl sites for hydroxylation is 1. The average molecular weight is 627 g/mol. The molecule has 5 rings (SSSR count). The number of aliphatic hydroxyl groups is 4. The van der Waals surface area contributed by atoms with E-state index >= 15 is 0 Å². The highest BCUT2D eigenvalue weighted by atomic mass is 19.1. The van der Waals surface area contributed by atoms with Crippen LogP contribution in [0, 0.1) is 11.6 Å². The number of halogens is 2. The summed E-state index contributed by atoms with van der Waals surface area (Å²) in [5, 5.41) is 35.0. The van der Waals surface area contributed by atoms with Crippen molar-refractivity contribution in [3.8, 4) is 0 Å². The van der Waals surface area contributed by atoms with Gasteiger partial charge >= 0.3 is 5.97 Å². The monoisotopic (exact) mass is 626 g/mol. The lowest BCUT2D eigenvalue weighted by Crippen LogP contribution is -2.47. The van der Waals surface area contributed by atoms with Crippen molar-refractivity contribution >= 4 is 5.97 Å². The van der Waals surface area contributed by atoms with Crippen molar-refractivity contribution in [3.63, 3.8) is 0 Å². The van der Waals surface area contributed by atoms with Crippen molar-refractivity contribution in [3.05, 3.63) is 119 Å². The van der Waals surface area contributed by atoms with Gasteiger partial charge in [-0.1, -0.05) is 54.6 Å². The number of aliphatic hydroxyl groups excluding tert-OH is 4. The van der Waals surface area contributed by atoms with E-state index in [2.05, 4.69) is 44.9 Å². The topological polar surface area (TPSA) is 123 Å². The highest BCUT2D eigenvalue weighted by molar-refractivity contribution is 5.89. The maximum Gasteiger partial charge on any atom is 0.377 e. The minimum Gasteiger partial charge on any atom is -0.505 e. The van der Waals surface area contributed by atoms with Gasteiger partial charge < -0.3 is 34.8 Å². The minimum atomic E-state index is -1.42. The second kappa shape index (κ2) is 17.0. The second-order valence-electron chi connectivity index (χ2n) is 10.9. The summed E-state index contributed by atoms with van der Waals surface area (Å²) >= 11 is 0. The first kappa shape index (κ1) is 34.0. The Bertz CT molecular complexity index is 1320. The predicted molar refractivity (Wildman–Crippen MR) is 163 cm³/mol. The summed E-state index contributed by atoms with van der Waals surface area (Å²) in [6.45, 7) is 6.09. The third kappa shape index (κ3) is 10.1. The molecule has 0 aromatic heterocycles. The largest absolute Gasteiger partial charge is 0.505 e. The van der Waals surface area contributed by atoms with Crippen LogP contribution in [0.2, 0.25) is 0 Å². The smallest absolute Gasteiger partial charge is 0.377 e. The van der Waals surface area contributed by atoms with E-state index in [0.717, 1.165) is 56.8 Å². The molecule has 242 valence electrons. The fourth-order valence-electron chi connectivity index (χ4n) is 5.17.